The Kier molecular flexibility index (Phi) is 7.34. The standard InChI is InChI=1S/C24H36BrNO7Si/c1-10-11-12-24-14-31-34(22(2,3)4,23(5,6)7)33-20(21(24)32-24)17-18(25)16(29-8)13-15(26(27)28)19(17)30-9/h10,13,20-21H,1,11-12,14H2,2-9H3/t20?,21-,24+/m1/s1. The third-order valence-corrected chi connectivity index (χ3v) is 12.7. The molecule has 0 saturated carbocycles. The van der Waals surface area contributed by atoms with Crippen LogP contribution >= 0.6 is 15.9 Å². The molecule has 0 spiro atoms. The minimum atomic E-state index is -3.00. The third-order valence-electron chi connectivity index (χ3n) is 6.76. The molecule has 2 saturated heterocycles. The minimum Gasteiger partial charge on any atom is -0.495 e. The predicted octanol–water partition coefficient (Wildman–Crippen LogP) is 6.61. The molecule has 0 aliphatic carbocycles. The summed E-state index contributed by atoms with van der Waals surface area (Å²) in [6.45, 7) is 17.1. The lowest BCUT2D eigenvalue weighted by Crippen LogP contribution is -2.58. The van der Waals surface area contributed by atoms with E-state index < -0.39 is 25.2 Å². The second-order valence-electron chi connectivity index (χ2n) is 11.0. The third kappa shape index (κ3) is 4.32. The first-order valence-corrected chi connectivity index (χ1v) is 14.0. The minimum absolute atomic E-state index is 0.128. The van der Waals surface area contributed by atoms with E-state index in [-0.39, 0.29) is 27.6 Å². The van der Waals surface area contributed by atoms with E-state index in [4.69, 9.17) is 23.1 Å². The fourth-order valence-electron chi connectivity index (χ4n) is 5.29. The molecule has 34 heavy (non-hydrogen) atoms. The number of nitrogens with zero attached hydrogens (tertiary/aromatic N) is 1. The van der Waals surface area contributed by atoms with Crippen molar-refractivity contribution in [3.05, 3.63) is 38.9 Å². The molecule has 2 aliphatic heterocycles. The number of epoxide rings is 1. The average Bonchev–Trinajstić information content (AvgIpc) is 3.45. The average molecular weight is 559 g/mol. The van der Waals surface area contributed by atoms with Gasteiger partial charge in [0.05, 0.1) is 36.3 Å². The van der Waals surface area contributed by atoms with Crippen molar-refractivity contribution < 1.29 is 28.0 Å². The number of benzene rings is 1. The molecule has 190 valence electrons. The first kappa shape index (κ1) is 27.1. The van der Waals surface area contributed by atoms with Gasteiger partial charge in [-0.15, -0.1) is 6.58 Å². The Morgan fingerprint density at radius 3 is 2.35 bits per heavy atom. The SMILES string of the molecule is C=CCC[C@]12CO[Si](C(C)(C)C)(C(C)(C)C)OC(c3c(Br)c(OC)cc([N+](=O)[O-])c3OC)[C@H]1O2. The molecule has 0 radical (unpaired) electrons. The number of hydrogen-bond acceptors (Lipinski definition) is 7. The summed E-state index contributed by atoms with van der Waals surface area (Å²) in [7, 11) is -0.103. The summed E-state index contributed by atoms with van der Waals surface area (Å²) in [5.41, 5.74) is -0.246. The zero-order valence-electron chi connectivity index (χ0n) is 21.3. The molecule has 3 rings (SSSR count). The quantitative estimate of drug-likeness (QED) is 0.122. The molecule has 0 N–H and O–H groups in total. The number of hydrogen-bond donors (Lipinski definition) is 0. The van der Waals surface area contributed by atoms with Crippen LogP contribution in [0.15, 0.2) is 23.2 Å². The lowest BCUT2D eigenvalue weighted by molar-refractivity contribution is -0.385. The number of ether oxygens (including phenoxy) is 3. The van der Waals surface area contributed by atoms with E-state index in [9.17, 15) is 10.1 Å². The van der Waals surface area contributed by atoms with E-state index in [1.165, 1.54) is 20.3 Å². The van der Waals surface area contributed by atoms with Gasteiger partial charge in [0.25, 0.3) is 0 Å². The fourth-order valence-corrected chi connectivity index (χ4v) is 10.9. The maximum atomic E-state index is 12.0. The molecule has 0 amide bonds. The predicted molar refractivity (Wildman–Crippen MR) is 136 cm³/mol. The maximum Gasteiger partial charge on any atom is 0.350 e. The zero-order valence-corrected chi connectivity index (χ0v) is 23.9. The highest BCUT2D eigenvalue weighted by molar-refractivity contribution is 9.10. The van der Waals surface area contributed by atoms with Crippen molar-refractivity contribution in [1.29, 1.82) is 0 Å². The molecule has 2 fully saturated rings. The van der Waals surface area contributed by atoms with Crippen molar-refractivity contribution in [3.63, 3.8) is 0 Å². The Labute approximate surface area is 211 Å². The van der Waals surface area contributed by atoms with Crippen LogP contribution in [0.1, 0.15) is 66.1 Å². The van der Waals surface area contributed by atoms with Gasteiger partial charge in [0, 0.05) is 15.6 Å². The van der Waals surface area contributed by atoms with Crippen LogP contribution in [0.25, 0.3) is 0 Å². The molecular weight excluding hydrogens is 522 g/mol. The second kappa shape index (κ2) is 9.20. The highest BCUT2D eigenvalue weighted by Crippen LogP contribution is 2.63. The van der Waals surface area contributed by atoms with Crippen LogP contribution < -0.4 is 9.47 Å². The van der Waals surface area contributed by atoms with Crippen LogP contribution in [-0.2, 0) is 13.6 Å². The van der Waals surface area contributed by atoms with Gasteiger partial charge in [-0.2, -0.15) is 0 Å². The smallest absolute Gasteiger partial charge is 0.350 e. The molecule has 10 heteroatoms. The highest BCUT2D eigenvalue weighted by atomic mass is 79.9. The number of halogens is 1. The number of rotatable bonds is 7. The van der Waals surface area contributed by atoms with Gasteiger partial charge < -0.3 is 23.1 Å². The van der Waals surface area contributed by atoms with Crippen LogP contribution in [0, 0.1) is 10.1 Å². The van der Waals surface area contributed by atoms with Crippen molar-refractivity contribution in [3.8, 4) is 11.5 Å². The summed E-state index contributed by atoms with van der Waals surface area (Å²) in [6, 6.07) is 1.36. The van der Waals surface area contributed by atoms with E-state index in [1.54, 1.807) is 0 Å². The Morgan fingerprint density at radius 1 is 1.26 bits per heavy atom. The van der Waals surface area contributed by atoms with Gasteiger partial charge in [0.2, 0.25) is 5.75 Å². The maximum absolute atomic E-state index is 12.0. The topological polar surface area (TPSA) is 92.6 Å². The summed E-state index contributed by atoms with van der Waals surface area (Å²) in [4.78, 5) is 11.5. The van der Waals surface area contributed by atoms with Crippen molar-refractivity contribution >= 4 is 30.2 Å². The van der Waals surface area contributed by atoms with Gasteiger partial charge in [0.15, 0.2) is 0 Å². The van der Waals surface area contributed by atoms with Gasteiger partial charge in [-0.3, -0.25) is 10.1 Å². The Balaban J connectivity index is 2.31. The number of allylic oxidation sites excluding steroid dienone is 1. The Morgan fingerprint density at radius 2 is 1.88 bits per heavy atom. The number of methoxy groups -OCH3 is 2. The van der Waals surface area contributed by atoms with Gasteiger partial charge >= 0.3 is 14.2 Å². The summed E-state index contributed by atoms with van der Waals surface area (Å²) < 4.78 is 31.9. The summed E-state index contributed by atoms with van der Waals surface area (Å²) >= 11 is 3.63. The number of nitro benzene ring substituents is 1. The lowest BCUT2D eigenvalue weighted by atomic mass is 9.92. The van der Waals surface area contributed by atoms with Gasteiger partial charge in [-0.05, 0) is 28.8 Å². The molecule has 1 aromatic rings. The van der Waals surface area contributed by atoms with Gasteiger partial charge in [-0.1, -0.05) is 47.6 Å². The van der Waals surface area contributed by atoms with Crippen molar-refractivity contribution in [2.24, 2.45) is 0 Å². The van der Waals surface area contributed by atoms with E-state index in [2.05, 4.69) is 64.1 Å². The molecular formula is C24H36BrNO7Si. The normalized spacial score (nSPS) is 26.3. The van der Waals surface area contributed by atoms with Crippen molar-refractivity contribution in [2.75, 3.05) is 20.8 Å². The largest absolute Gasteiger partial charge is 0.495 e. The van der Waals surface area contributed by atoms with Crippen LogP contribution in [-0.4, -0.2) is 46.0 Å². The molecule has 0 aromatic heterocycles. The number of fused-ring (bicyclic) bond motifs is 1. The molecule has 1 unspecified atom stereocenters. The van der Waals surface area contributed by atoms with E-state index >= 15 is 0 Å². The molecule has 2 aliphatic rings. The first-order chi connectivity index (χ1) is 15.7. The zero-order chi connectivity index (χ0) is 25.7. The van der Waals surface area contributed by atoms with E-state index in [1.807, 2.05) is 6.08 Å². The molecule has 3 atom stereocenters. The van der Waals surface area contributed by atoms with Gasteiger partial charge in [0.1, 0.15) is 23.6 Å². The van der Waals surface area contributed by atoms with E-state index in [0.717, 1.165) is 6.42 Å². The second-order valence-corrected chi connectivity index (χ2v) is 16.5. The van der Waals surface area contributed by atoms with Gasteiger partial charge in [-0.25, -0.2) is 0 Å². The summed E-state index contributed by atoms with van der Waals surface area (Å²) in [5, 5.41) is 11.4. The Hall–Kier alpha value is -1.46. The van der Waals surface area contributed by atoms with Crippen LogP contribution in [0.4, 0.5) is 5.69 Å². The first-order valence-electron chi connectivity index (χ1n) is 11.4. The lowest BCUT2D eigenvalue weighted by Gasteiger charge is -2.50. The van der Waals surface area contributed by atoms with E-state index in [0.29, 0.717) is 28.8 Å². The van der Waals surface area contributed by atoms with Crippen molar-refractivity contribution in [2.45, 2.75) is 82.3 Å². The number of nitro groups is 1. The summed E-state index contributed by atoms with van der Waals surface area (Å²) in [6.07, 6.45) is 2.31. The molecule has 1 aromatic carbocycles. The molecule has 0 bridgehead atoms. The molecule has 8 nitrogen and oxygen atoms in total. The van der Waals surface area contributed by atoms with Crippen LogP contribution in [0.2, 0.25) is 10.1 Å². The highest BCUT2D eigenvalue weighted by Gasteiger charge is 2.70. The monoisotopic (exact) mass is 557 g/mol. The fraction of sp³-hybridized carbons (Fsp3) is 0.667. The summed E-state index contributed by atoms with van der Waals surface area (Å²) in [5.74, 6) is 0.454. The van der Waals surface area contributed by atoms with Crippen LogP contribution in [0.5, 0.6) is 11.5 Å². The Bertz CT molecular complexity index is 958. The molecule has 2 heterocycles. The van der Waals surface area contributed by atoms with Crippen LogP contribution in [0.3, 0.4) is 0 Å². The van der Waals surface area contributed by atoms with Crippen molar-refractivity contribution in [1.82, 2.24) is 0 Å².